The van der Waals surface area contributed by atoms with Crippen molar-refractivity contribution in [2.45, 2.75) is 125 Å². The zero-order valence-corrected chi connectivity index (χ0v) is 84.2. The van der Waals surface area contributed by atoms with Crippen LogP contribution >= 0.6 is 22.9 Å². The molecule has 27 nitrogen and oxygen atoms in total. The summed E-state index contributed by atoms with van der Waals surface area (Å²) in [4.78, 5) is 126. The minimum absolute atomic E-state index is 0. The molecule has 0 saturated carbocycles. The Morgan fingerprint density at radius 2 is 0.891 bits per heavy atom. The fourth-order valence-electron chi connectivity index (χ4n) is 17.3. The number of alkyl halides is 1. The van der Waals surface area contributed by atoms with E-state index in [1.54, 1.807) is 116 Å². The van der Waals surface area contributed by atoms with Crippen molar-refractivity contribution in [3.05, 3.63) is 295 Å². The number of thiophene rings is 1. The van der Waals surface area contributed by atoms with Gasteiger partial charge in [-0.25, -0.2) is 33.1 Å². The molecule has 0 atom stereocenters. The third kappa shape index (κ3) is 24.0. The number of Topliss-reactive ketones (excluding diaryl/α,β-unsaturated/α-hetero) is 8. The predicted octanol–water partition coefficient (Wildman–Crippen LogP) is 23.2. The largest absolute Gasteiger partial charge is 0.493 e. The Balaban J connectivity index is 0.000000155. The molecule has 0 fully saturated rings. The van der Waals surface area contributed by atoms with Crippen LogP contribution in [0.2, 0.25) is 5.02 Å². The van der Waals surface area contributed by atoms with E-state index < -0.39 is 12.5 Å². The van der Waals surface area contributed by atoms with E-state index in [9.17, 15) is 51.5 Å². The Morgan fingerprint density at radius 1 is 0.442 bits per heavy atom. The third-order valence-electron chi connectivity index (χ3n) is 25.2. The lowest BCUT2D eigenvalue weighted by Crippen LogP contribution is -2.19. The molecule has 7 aromatic heterocycles. The van der Waals surface area contributed by atoms with Crippen molar-refractivity contribution in [3.8, 4) is 108 Å². The first kappa shape index (κ1) is 107. The Kier molecular flexibility index (Phi) is 34.8. The number of ether oxygens (including phenoxy) is 11. The molecule has 3 N–H and O–H groups in total. The van der Waals surface area contributed by atoms with Crippen molar-refractivity contribution in [2.24, 2.45) is 0 Å². The molecule has 0 saturated heterocycles. The van der Waals surface area contributed by atoms with Crippen LogP contribution in [0.25, 0.3) is 71.5 Å². The number of imidazole rings is 1. The maximum absolute atomic E-state index is 13.8. The number of H-pyrrole nitrogens is 1. The molecule has 0 aliphatic carbocycles. The van der Waals surface area contributed by atoms with Gasteiger partial charge in [-0.2, -0.15) is 0 Å². The van der Waals surface area contributed by atoms with Crippen molar-refractivity contribution < 1.29 is 114 Å². The van der Waals surface area contributed by atoms with Crippen molar-refractivity contribution >= 4 is 95.7 Å². The maximum atomic E-state index is 13.8. The van der Waals surface area contributed by atoms with Crippen LogP contribution in [-0.2, 0) is 17.3 Å². The number of nitrogens with zero attached hydrogens (tertiary/aromatic N) is 5. The van der Waals surface area contributed by atoms with Gasteiger partial charge >= 0.3 is 0 Å². The van der Waals surface area contributed by atoms with Crippen LogP contribution in [0.15, 0.2) is 200 Å². The first-order valence-corrected chi connectivity index (χ1v) is 48.5. The summed E-state index contributed by atoms with van der Waals surface area (Å²) in [5.74, 6) is 2.79. The monoisotopic (exact) mass is 2040 g/mol. The number of aromatic nitrogens is 6. The molecular formula is C115H112ClF3N6O21S. The normalized spacial score (nSPS) is 12.6. The summed E-state index contributed by atoms with van der Waals surface area (Å²) in [6, 6.07) is 51.4. The average Bonchev–Trinajstić information content (AvgIpc) is 1.61. The van der Waals surface area contributed by atoms with Crippen molar-refractivity contribution in [1.82, 2.24) is 29.3 Å². The standard InChI is InChI=1S/C31H32N2O6.C28H27ClFNO6.C28H24N2O4S.C27H25F2NO5.CH4/c1-18-6-5-7-20-21(16-32-28(18)20)29-30-22(31(2,3)17-39-30)15-23(33-29)25(36)10-9-24(35)19-8-11-26(38-13-12-34)27(14-19)37-4;1-28(2)15-37-27-18(28)14-21(31-26(27)17-4-6-20(30)19(29)12-17)23(34)8-7-22(33)16-5-9-24(36-11-10-32)25(13-16)35-3;1-17-7-6-8-19-20(16-35-27(17)19)26-21-9-4-5-14-30(21)28(29-26)23(32)12-11-22(31)18-10-13-24(33-2)25(15-18)34-3;1-16-13-18(3-5-20(16)29)26-27-19(9-11-35-27)14-21(30-26)23(32)7-6-22(31)17-4-8-24(34-12-10-28)25(15-17)33-2;/h5-8,11,14-16,32,34H,9-10,12-13,17H2,1-4H3;4-6,9,12-14,32H,7-8,10-11,15H2,1-3H3;4-10,13-16H,11-12H2,1-3H3;3-5,8,13-15H,6-7,9-12H2,1-2H3;1H4. The van der Waals surface area contributed by atoms with Crippen LogP contribution in [0.4, 0.5) is 13.2 Å². The molecule has 762 valence electrons. The van der Waals surface area contributed by atoms with Gasteiger partial charge in [0.2, 0.25) is 0 Å². The second-order valence-corrected chi connectivity index (χ2v) is 37.4. The highest BCUT2D eigenvalue weighted by Gasteiger charge is 2.39. The molecule has 10 heterocycles. The van der Waals surface area contributed by atoms with E-state index in [-0.39, 0.29) is 171 Å². The number of para-hydroxylation sites is 1. The van der Waals surface area contributed by atoms with Gasteiger partial charge in [0, 0.05) is 169 Å². The number of carbonyl (C=O) groups excluding carboxylic acids is 8. The van der Waals surface area contributed by atoms with Crippen LogP contribution in [0, 0.1) is 32.4 Å². The molecule has 3 aliphatic heterocycles. The number of aryl methyl sites for hydroxylation is 3. The number of fused-ring (bicyclic) bond motifs is 6. The minimum atomic E-state index is -0.642. The second-order valence-electron chi connectivity index (χ2n) is 36.1. The SMILES string of the molecule is C.COc1cc(C(=O)CCC(=O)c2cc3c(c(-c4c[nH]c5c(C)cccc45)n2)OCC3(C)C)ccc1OCCO.COc1cc(C(=O)CCC(=O)c2cc3c(c(-c4ccc(F)c(C)c4)n2)OCC3)ccc1OCCF.COc1cc(C(=O)CCC(=O)c2cc3c(c(-c4ccc(F)c(Cl)c4)n2)OCC3(C)C)ccc1OCCO.COc1ccc(C(=O)CCC(=O)c2nc(-c3csc4c(C)cccc34)c3ccccn23)cc1OC. The van der Waals surface area contributed by atoms with E-state index in [0.29, 0.717) is 157 Å². The second kappa shape index (κ2) is 47.6. The fourth-order valence-corrected chi connectivity index (χ4v) is 18.5. The summed E-state index contributed by atoms with van der Waals surface area (Å²) in [6.07, 6.45) is 4.43. The number of hydrogen-bond acceptors (Lipinski definition) is 26. The van der Waals surface area contributed by atoms with E-state index in [4.69, 9.17) is 83.9 Å². The van der Waals surface area contributed by atoms with Crippen molar-refractivity contribution in [1.29, 1.82) is 0 Å². The first-order chi connectivity index (χ1) is 70.3. The number of nitrogens with one attached hydrogen (secondary N) is 1. The topological polar surface area (TPSA) is 350 Å². The maximum Gasteiger partial charge on any atom is 0.199 e. The summed E-state index contributed by atoms with van der Waals surface area (Å²) in [5.41, 5.74) is 14.4. The lowest BCUT2D eigenvalue weighted by Gasteiger charge is -2.16. The van der Waals surface area contributed by atoms with Crippen molar-refractivity contribution in [2.75, 3.05) is 95.1 Å². The van der Waals surface area contributed by atoms with E-state index >= 15 is 0 Å². The molecule has 3 aliphatic rings. The summed E-state index contributed by atoms with van der Waals surface area (Å²) >= 11 is 7.68. The van der Waals surface area contributed by atoms with Crippen LogP contribution in [0.3, 0.4) is 0 Å². The number of methoxy groups -OCH3 is 5. The summed E-state index contributed by atoms with van der Waals surface area (Å²) in [5, 5.41) is 22.1. The predicted molar refractivity (Wildman–Crippen MR) is 556 cm³/mol. The highest BCUT2D eigenvalue weighted by Crippen LogP contribution is 2.49. The van der Waals surface area contributed by atoms with Gasteiger partial charge in [0.15, 0.2) is 98.1 Å². The number of ketones is 8. The lowest BCUT2D eigenvalue weighted by atomic mass is 9.85. The van der Waals surface area contributed by atoms with Crippen LogP contribution in [0.1, 0.15) is 203 Å². The molecule has 0 unspecified atom stereocenters. The number of aliphatic hydroxyl groups is 2. The molecule has 8 aromatic carbocycles. The summed E-state index contributed by atoms with van der Waals surface area (Å²) in [7, 11) is 7.43. The zero-order valence-electron chi connectivity index (χ0n) is 82.6. The van der Waals surface area contributed by atoms with Crippen molar-refractivity contribution in [3.63, 3.8) is 0 Å². The van der Waals surface area contributed by atoms with Gasteiger partial charge in [-0.05, 0) is 177 Å². The number of aromatic amines is 1. The fraction of sp³-hybridized carbons (Fsp3) is 0.287. The number of rotatable bonds is 38. The number of benzene rings is 8. The smallest absolute Gasteiger partial charge is 0.199 e. The number of halogens is 4. The summed E-state index contributed by atoms with van der Waals surface area (Å²) < 4.78 is 103. The molecular weight excluding hydrogens is 1930 g/mol. The first-order valence-electron chi connectivity index (χ1n) is 47.2. The van der Waals surface area contributed by atoms with E-state index in [2.05, 4.69) is 53.2 Å². The van der Waals surface area contributed by atoms with Gasteiger partial charge in [0.1, 0.15) is 89.5 Å². The molecule has 15 aromatic rings. The molecule has 0 spiro atoms. The lowest BCUT2D eigenvalue weighted by molar-refractivity contribution is 0.0911. The van der Waals surface area contributed by atoms with Crippen LogP contribution in [-0.4, -0.2) is 181 Å². The quantitative estimate of drug-likeness (QED) is 0.0303. The molecule has 0 bridgehead atoms. The number of aliphatic hydroxyl groups excluding tert-OH is 2. The van der Waals surface area contributed by atoms with E-state index in [1.165, 1.54) is 69.0 Å². The van der Waals surface area contributed by atoms with E-state index in [1.807, 2.05) is 86.1 Å². The molecule has 32 heteroatoms. The Hall–Kier alpha value is -15.4. The average molecular weight is 2040 g/mol. The third-order valence-corrected chi connectivity index (χ3v) is 26.7. The zero-order chi connectivity index (χ0) is 104. The van der Waals surface area contributed by atoms with E-state index in [0.717, 1.165) is 60.9 Å². The highest BCUT2D eigenvalue weighted by atomic mass is 35.5. The molecule has 147 heavy (non-hydrogen) atoms. The number of carbonyl (C=O) groups is 8. The molecule has 0 radical (unpaired) electrons. The van der Waals surface area contributed by atoms with Crippen LogP contribution < -0.4 is 52.1 Å². The Labute approximate surface area is 856 Å². The van der Waals surface area contributed by atoms with Crippen LogP contribution in [0.5, 0.6) is 63.2 Å². The Morgan fingerprint density at radius 3 is 1.39 bits per heavy atom. The van der Waals surface area contributed by atoms with Gasteiger partial charge in [-0.3, -0.25) is 42.8 Å². The van der Waals surface area contributed by atoms with Gasteiger partial charge in [-0.1, -0.05) is 89.2 Å². The van der Waals surface area contributed by atoms with Gasteiger partial charge in [-0.15, -0.1) is 11.3 Å². The molecule has 18 rings (SSSR count). The minimum Gasteiger partial charge on any atom is -0.493 e. The molecule has 0 amide bonds. The number of pyridine rings is 4. The van der Waals surface area contributed by atoms with Gasteiger partial charge < -0.3 is 67.3 Å². The van der Waals surface area contributed by atoms with Gasteiger partial charge in [0.05, 0.1) is 84.8 Å². The Bertz CT molecular complexity index is 7540. The van der Waals surface area contributed by atoms with Gasteiger partial charge in [0.25, 0.3) is 0 Å². The number of hydrogen-bond donors (Lipinski definition) is 3. The summed E-state index contributed by atoms with van der Waals surface area (Å²) in [6.45, 7) is 14.5. The highest BCUT2D eigenvalue weighted by molar-refractivity contribution is 7.18.